The van der Waals surface area contributed by atoms with Crippen molar-refractivity contribution in [2.45, 2.75) is 13.5 Å². The number of nitrogens with zero attached hydrogens (tertiary/aromatic N) is 1. The molecule has 1 aromatic carbocycles. The van der Waals surface area contributed by atoms with Crippen LogP contribution in [0.1, 0.15) is 18.1 Å². The second kappa shape index (κ2) is 4.19. The van der Waals surface area contributed by atoms with Gasteiger partial charge in [-0.15, -0.1) is 0 Å². The average molecular weight is 195 g/mol. The molecule has 1 rings (SSSR count). The van der Waals surface area contributed by atoms with E-state index in [2.05, 4.69) is 0 Å². The molecular formula is C9H11N2O3-. The van der Waals surface area contributed by atoms with E-state index in [1.54, 1.807) is 0 Å². The quantitative estimate of drug-likeness (QED) is 0.503. The standard InChI is InChI=1S/C9H11N2O3/c1-6(10)8-4-7(5-11(13)14)2-3-9(8)12/h2-4,10,12-13H,5H2,1H3/q-1. The Hall–Kier alpha value is -1.43. The van der Waals surface area contributed by atoms with E-state index < -0.39 is 0 Å². The van der Waals surface area contributed by atoms with Gasteiger partial charge in [-0.05, 0) is 24.6 Å². The van der Waals surface area contributed by atoms with E-state index in [0.717, 1.165) is 0 Å². The Bertz CT molecular complexity index is 350. The molecule has 0 bridgehead atoms. The van der Waals surface area contributed by atoms with Crippen molar-refractivity contribution in [2.24, 2.45) is 0 Å². The van der Waals surface area contributed by atoms with Crippen molar-refractivity contribution >= 4 is 5.71 Å². The predicted octanol–water partition coefficient (Wildman–Crippen LogP) is 1.47. The van der Waals surface area contributed by atoms with Crippen LogP contribution in [0.5, 0.6) is 5.75 Å². The molecule has 0 saturated heterocycles. The van der Waals surface area contributed by atoms with Crippen molar-refractivity contribution in [1.29, 1.82) is 5.41 Å². The molecule has 0 atom stereocenters. The Balaban J connectivity index is 3.00. The van der Waals surface area contributed by atoms with Crippen LogP contribution < -0.4 is 0 Å². The van der Waals surface area contributed by atoms with Gasteiger partial charge in [-0.2, -0.15) is 0 Å². The van der Waals surface area contributed by atoms with Gasteiger partial charge < -0.3 is 20.9 Å². The Morgan fingerprint density at radius 2 is 2.21 bits per heavy atom. The summed E-state index contributed by atoms with van der Waals surface area (Å²) in [6, 6.07) is 4.41. The van der Waals surface area contributed by atoms with Crippen molar-refractivity contribution in [2.75, 3.05) is 0 Å². The second-order valence-electron chi connectivity index (χ2n) is 2.99. The van der Waals surface area contributed by atoms with E-state index in [0.29, 0.717) is 11.1 Å². The molecule has 0 aliphatic rings. The smallest absolute Gasteiger partial charge is 0.124 e. The van der Waals surface area contributed by atoms with E-state index in [1.165, 1.54) is 25.1 Å². The molecule has 0 aliphatic heterocycles. The molecule has 5 nitrogen and oxygen atoms in total. The summed E-state index contributed by atoms with van der Waals surface area (Å²) in [5.74, 6) is -0.00311. The fourth-order valence-corrected chi connectivity index (χ4v) is 1.14. The Kier molecular flexibility index (Phi) is 3.19. The first-order chi connectivity index (χ1) is 6.50. The van der Waals surface area contributed by atoms with Crippen molar-refractivity contribution < 1.29 is 10.3 Å². The summed E-state index contributed by atoms with van der Waals surface area (Å²) in [5.41, 5.74) is 1.12. The number of nitrogens with one attached hydrogen (secondary N) is 1. The maximum absolute atomic E-state index is 10.3. The number of phenolic OH excluding ortho intramolecular Hbond substituents is 1. The van der Waals surface area contributed by atoms with E-state index in [9.17, 15) is 10.3 Å². The number of rotatable bonds is 3. The Morgan fingerprint density at radius 1 is 1.57 bits per heavy atom. The van der Waals surface area contributed by atoms with Gasteiger partial charge in [0.2, 0.25) is 0 Å². The van der Waals surface area contributed by atoms with Crippen LogP contribution in [0.2, 0.25) is 0 Å². The lowest BCUT2D eigenvalue weighted by Gasteiger charge is -2.19. The first kappa shape index (κ1) is 10.6. The maximum Gasteiger partial charge on any atom is 0.124 e. The zero-order valence-electron chi connectivity index (χ0n) is 7.69. The molecule has 3 N–H and O–H groups in total. The molecule has 0 amide bonds. The highest BCUT2D eigenvalue weighted by Crippen LogP contribution is 2.19. The SMILES string of the molecule is CC(=N)c1cc(CN([O-])O)ccc1O. The molecule has 0 aromatic heterocycles. The third-order valence-electron chi connectivity index (χ3n) is 1.78. The molecule has 0 radical (unpaired) electrons. The van der Waals surface area contributed by atoms with Crippen LogP contribution >= 0.6 is 0 Å². The van der Waals surface area contributed by atoms with Gasteiger partial charge in [-0.25, -0.2) is 0 Å². The monoisotopic (exact) mass is 195 g/mol. The second-order valence-corrected chi connectivity index (χ2v) is 2.99. The van der Waals surface area contributed by atoms with Crippen molar-refractivity contribution in [1.82, 2.24) is 5.23 Å². The molecule has 0 heterocycles. The molecular weight excluding hydrogens is 184 g/mol. The summed E-state index contributed by atoms with van der Waals surface area (Å²) < 4.78 is 0. The molecule has 1 aromatic rings. The Labute approximate surface area is 81.3 Å². The van der Waals surface area contributed by atoms with Crippen LogP contribution in [-0.2, 0) is 6.54 Å². The first-order valence-electron chi connectivity index (χ1n) is 4.01. The zero-order chi connectivity index (χ0) is 10.7. The minimum atomic E-state index is -0.199. The van der Waals surface area contributed by atoms with Crippen molar-refractivity contribution in [3.8, 4) is 5.75 Å². The van der Waals surface area contributed by atoms with Crippen LogP contribution in [0.15, 0.2) is 18.2 Å². The normalized spacial score (nSPS) is 10.6. The van der Waals surface area contributed by atoms with Gasteiger partial charge in [0.05, 0.1) is 0 Å². The van der Waals surface area contributed by atoms with Gasteiger partial charge in [0.1, 0.15) is 5.75 Å². The number of hydrogen-bond donors (Lipinski definition) is 3. The minimum Gasteiger partial charge on any atom is -0.762 e. The van der Waals surface area contributed by atoms with Gasteiger partial charge in [-0.3, -0.25) is 5.23 Å². The van der Waals surface area contributed by atoms with Gasteiger partial charge in [0.15, 0.2) is 0 Å². The topological polar surface area (TPSA) is 90.6 Å². The molecule has 0 spiro atoms. The van der Waals surface area contributed by atoms with Gasteiger partial charge in [0.25, 0.3) is 0 Å². The van der Waals surface area contributed by atoms with Crippen LogP contribution in [-0.4, -0.2) is 21.3 Å². The van der Waals surface area contributed by atoms with Crippen LogP contribution in [0, 0.1) is 10.6 Å². The third-order valence-corrected chi connectivity index (χ3v) is 1.78. The molecule has 14 heavy (non-hydrogen) atoms. The zero-order valence-corrected chi connectivity index (χ0v) is 7.69. The van der Waals surface area contributed by atoms with Gasteiger partial charge >= 0.3 is 0 Å². The highest BCUT2D eigenvalue weighted by Gasteiger charge is 2.04. The first-order valence-corrected chi connectivity index (χ1v) is 4.01. The Morgan fingerprint density at radius 3 is 2.71 bits per heavy atom. The number of aromatic hydroxyl groups is 1. The maximum atomic E-state index is 10.3. The van der Waals surface area contributed by atoms with Crippen molar-refractivity contribution in [3.05, 3.63) is 34.5 Å². The average Bonchev–Trinajstić information content (AvgIpc) is 2.07. The fraction of sp³-hybridized carbons (Fsp3) is 0.222. The lowest BCUT2D eigenvalue weighted by Crippen LogP contribution is -2.09. The number of phenols is 1. The third kappa shape index (κ3) is 2.53. The van der Waals surface area contributed by atoms with Gasteiger partial charge in [-0.1, -0.05) is 6.07 Å². The summed E-state index contributed by atoms with van der Waals surface area (Å²) in [7, 11) is 0. The van der Waals surface area contributed by atoms with Gasteiger partial charge in [0, 0.05) is 17.8 Å². The predicted molar refractivity (Wildman–Crippen MR) is 51.3 cm³/mol. The molecule has 76 valence electrons. The number of hydroxylamine groups is 2. The highest BCUT2D eigenvalue weighted by molar-refractivity contribution is 5.98. The van der Waals surface area contributed by atoms with E-state index in [4.69, 9.17) is 10.6 Å². The number of benzene rings is 1. The molecule has 0 aliphatic carbocycles. The van der Waals surface area contributed by atoms with Crippen LogP contribution in [0.4, 0.5) is 0 Å². The molecule has 5 heteroatoms. The lowest BCUT2D eigenvalue weighted by molar-refractivity contribution is -0.0488. The summed E-state index contributed by atoms with van der Waals surface area (Å²) in [6.45, 7) is 1.35. The minimum absolute atomic E-state index is 0.00311. The van der Waals surface area contributed by atoms with Crippen LogP contribution in [0.3, 0.4) is 0 Å². The summed E-state index contributed by atoms with van der Waals surface area (Å²) >= 11 is 0. The van der Waals surface area contributed by atoms with Crippen LogP contribution in [0.25, 0.3) is 0 Å². The molecule has 0 unspecified atom stereocenters. The summed E-state index contributed by atoms with van der Waals surface area (Å²) in [5, 5.41) is 35.3. The summed E-state index contributed by atoms with van der Waals surface area (Å²) in [4.78, 5) is 0. The largest absolute Gasteiger partial charge is 0.762 e. The molecule has 0 saturated carbocycles. The lowest BCUT2D eigenvalue weighted by atomic mass is 10.1. The van der Waals surface area contributed by atoms with Crippen molar-refractivity contribution in [3.63, 3.8) is 0 Å². The van der Waals surface area contributed by atoms with E-state index in [1.807, 2.05) is 0 Å². The van der Waals surface area contributed by atoms with E-state index in [-0.39, 0.29) is 23.2 Å². The molecule has 0 fully saturated rings. The highest BCUT2D eigenvalue weighted by atomic mass is 16.8. The van der Waals surface area contributed by atoms with E-state index >= 15 is 0 Å². The number of hydrogen-bond acceptors (Lipinski definition) is 5. The summed E-state index contributed by atoms with van der Waals surface area (Å²) in [6.07, 6.45) is 0. The fourth-order valence-electron chi connectivity index (χ4n) is 1.14.